The van der Waals surface area contributed by atoms with Gasteiger partial charge in [-0.15, -0.1) is 0 Å². The molecule has 1 fully saturated rings. The van der Waals surface area contributed by atoms with Crippen LogP contribution in [0.5, 0.6) is 5.75 Å². The topological polar surface area (TPSA) is 67.6 Å². The first-order valence-electron chi connectivity index (χ1n) is 6.05. The molecule has 0 radical (unpaired) electrons. The fourth-order valence-electron chi connectivity index (χ4n) is 2.03. The van der Waals surface area contributed by atoms with Gasteiger partial charge in [-0.2, -0.15) is 0 Å². The molecule has 2 unspecified atom stereocenters. The lowest BCUT2D eigenvalue weighted by atomic mass is 10.1. The van der Waals surface area contributed by atoms with Gasteiger partial charge < -0.3 is 20.7 Å². The summed E-state index contributed by atoms with van der Waals surface area (Å²) in [5.41, 5.74) is 6.66. The van der Waals surface area contributed by atoms with Crippen molar-refractivity contribution in [1.82, 2.24) is 4.90 Å². The second-order valence-corrected chi connectivity index (χ2v) is 4.70. The summed E-state index contributed by atoms with van der Waals surface area (Å²) in [5, 5.41) is 2.85. The van der Waals surface area contributed by atoms with Crippen LogP contribution >= 0.6 is 0 Å². The van der Waals surface area contributed by atoms with Crippen LogP contribution in [0.2, 0.25) is 0 Å². The Morgan fingerprint density at radius 1 is 1.39 bits per heavy atom. The number of nitrogens with zero attached hydrogens (tertiary/aromatic N) is 1. The third-order valence-corrected chi connectivity index (χ3v) is 3.30. The Morgan fingerprint density at radius 3 is 2.56 bits per heavy atom. The Hall–Kier alpha value is -1.75. The molecule has 1 aliphatic heterocycles. The summed E-state index contributed by atoms with van der Waals surface area (Å²) in [4.78, 5) is 13.7. The number of hydrogen-bond donors (Lipinski definition) is 2. The van der Waals surface area contributed by atoms with E-state index in [0.29, 0.717) is 19.0 Å². The van der Waals surface area contributed by atoms with Gasteiger partial charge in [0.2, 0.25) is 0 Å². The summed E-state index contributed by atoms with van der Waals surface area (Å²) in [5.74, 6) is 1.12. The Kier molecular flexibility index (Phi) is 3.72. The zero-order valence-corrected chi connectivity index (χ0v) is 10.7. The van der Waals surface area contributed by atoms with E-state index >= 15 is 0 Å². The third-order valence-electron chi connectivity index (χ3n) is 3.30. The van der Waals surface area contributed by atoms with Gasteiger partial charge in [0.25, 0.3) is 0 Å². The molecule has 1 aliphatic rings. The van der Waals surface area contributed by atoms with Crippen LogP contribution in [0, 0.1) is 5.92 Å². The highest BCUT2D eigenvalue weighted by Crippen LogP contribution is 2.18. The van der Waals surface area contributed by atoms with E-state index in [1.54, 1.807) is 12.0 Å². The summed E-state index contributed by atoms with van der Waals surface area (Å²) in [7, 11) is 1.61. The summed E-state index contributed by atoms with van der Waals surface area (Å²) in [6, 6.07) is 7.24. The fraction of sp³-hybridized carbons (Fsp3) is 0.462. The van der Waals surface area contributed by atoms with Crippen LogP contribution in [0.15, 0.2) is 24.3 Å². The van der Waals surface area contributed by atoms with Crippen molar-refractivity contribution in [3.8, 4) is 5.75 Å². The van der Waals surface area contributed by atoms with Crippen molar-refractivity contribution < 1.29 is 9.53 Å². The molecular formula is C13H19N3O2. The maximum atomic E-state index is 12.0. The lowest BCUT2D eigenvalue weighted by molar-refractivity contribution is 0.221. The number of urea groups is 1. The number of amides is 2. The quantitative estimate of drug-likeness (QED) is 0.834. The molecule has 0 spiro atoms. The highest BCUT2D eigenvalue weighted by molar-refractivity contribution is 5.89. The van der Waals surface area contributed by atoms with E-state index in [0.717, 1.165) is 11.4 Å². The van der Waals surface area contributed by atoms with Gasteiger partial charge >= 0.3 is 6.03 Å². The fourth-order valence-corrected chi connectivity index (χ4v) is 2.03. The van der Waals surface area contributed by atoms with Crippen LogP contribution in [0.4, 0.5) is 10.5 Å². The van der Waals surface area contributed by atoms with Gasteiger partial charge in [0.1, 0.15) is 5.75 Å². The highest BCUT2D eigenvalue weighted by Gasteiger charge is 2.29. The minimum Gasteiger partial charge on any atom is -0.497 e. The van der Waals surface area contributed by atoms with Gasteiger partial charge in [0, 0.05) is 24.8 Å². The molecule has 5 nitrogen and oxygen atoms in total. The van der Waals surface area contributed by atoms with Crippen LogP contribution in [0.25, 0.3) is 0 Å². The molecule has 2 atom stereocenters. The minimum absolute atomic E-state index is 0.0756. The van der Waals surface area contributed by atoms with E-state index in [1.165, 1.54) is 0 Å². The number of nitrogens with two attached hydrogens (primary N) is 1. The molecule has 18 heavy (non-hydrogen) atoms. The van der Waals surface area contributed by atoms with E-state index in [1.807, 2.05) is 24.3 Å². The third kappa shape index (κ3) is 2.73. The smallest absolute Gasteiger partial charge is 0.321 e. The SMILES string of the molecule is COc1ccc(NC(=O)N2CC(C)C(N)C2)cc1. The molecule has 1 aromatic carbocycles. The monoisotopic (exact) mass is 249 g/mol. The maximum absolute atomic E-state index is 12.0. The van der Waals surface area contributed by atoms with Gasteiger partial charge in [0.15, 0.2) is 0 Å². The molecule has 0 aromatic heterocycles. The number of carbonyl (C=O) groups is 1. The molecule has 0 saturated carbocycles. The van der Waals surface area contributed by atoms with E-state index in [-0.39, 0.29) is 12.1 Å². The van der Waals surface area contributed by atoms with Crippen molar-refractivity contribution >= 4 is 11.7 Å². The molecule has 3 N–H and O–H groups in total. The second-order valence-electron chi connectivity index (χ2n) is 4.70. The number of carbonyl (C=O) groups excluding carboxylic acids is 1. The second kappa shape index (κ2) is 5.27. The Bertz CT molecular complexity index is 409. The molecule has 0 aliphatic carbocycles. The van der Waals surface area contributed by atoms with Crippen molar-refractivity contribution in [1.29, 1.82) is 0 Å². The van der Waals surface area contributed by atoms with Crippen LogP contribution in [-0.4, -0.2) is 37.2 Å². The number of rotatable bonds is 2. The highest BCUT2D eigenvalue weighted by atomic mass is 16.5. The van der Waals surface area contributed by atoms with Gasteiger partial charge in [-0.1, -0.05) is 6.92 Å². The minimum atomic E-state index is -0.0973. The number of nitrogens with one attached hydrogen (secondary N) is 1. The summed E-state index contributed by atoms with van der Waals surface area (Å²) >= 11 is 0. The summed E-state index contributed by atoms with van der Waals surface area (Å²) in [6.07, 6.45) is 0. The Morgan fingerprint density at radius 2 is 2.06 bits per heavy atom. The zero-order valence-electron chi connectivity index (χ0n) is 10.7. The summed E-state index contributed by atoms with van der Waals surface area (Å²) < 4.78 is 5.06. The maximum Gasteiger partial charge on any atom is 0.321 e. The average Bonchev–Trinajstić information content (AvgIpc) is 2.71. The molecular weight excluding hydrogens is 230 g/mol. The molecule has 1 heterocycles. The lowest BCUT2D eigenvalue weighted by Gasteiger charge is -2.16. The normalized spacial score (nSPS) is 22.9. The molecule has 1 aromatic rings. The molecule has 98 valence electrons. The lowest BCUT2D eigenvalue weighted by Crippen LogP contribution is -2.35. The number of anilines is 1. The van der Waals surface area contributed by atoms with Gasteiger partial charge in [-0.3, -0.25) is 0 Å². The number of benzene rings is 1. The average molecular weight is 249 g/mol. The zero-order chi connectivity index (χ0) is 13.1. The molecule has 5 heteroatoms. The van der Waals surface area contributed by atoms with Gasteiger partial charge in [0.05, 0.1) is 7.11 Å². The van der Waals surface area contributed by atoms with E-state index in [9.17, 15) is 4.79 Å². The summed E-state index contributed by atoms with van der Waals surface area (Å²) in [6.45, 7) is 3.39. The molecule has 0 bridgehead atoms. The standard InChI is InChI=1S/C13H19N3O2/c1-9-7-16(8-12(9)14)13(17)15-10-3-5-11(18-2)6-4-10/h3-6,9,12H,7-8,14H2,1-2H3,(H,15,17). The number of ether oxygens (including phenoxy) is 1. The van der Waals surface area contributed by atoms with Crippen molar-refractivity contribution in [2.24, 2.45) is 11.7 Å². The number of hydrogen-bond acceptors (Lipinski definition) is 3. The first kappa shape index (κ1) is 12.7. The van der Waals surface area contributed by atoms with E-state index in [4.69, 9.17) is 10.5 Å². The molecule has 2 amide bonds. The van der Waals surface area contributed by atoms with Crippen LogP contribution < -0.4 is 15.8 Å². The molecule has 1 saturated heterocycles. The number of methoxy groups -OCH3 is 1. The van der Waals surface area contributed by atoms with Crippen LogP contribution in [0.3, 0.4) is 0 Å². The van der Waals surface area contributed by atoms with E-state index in [2.05, 4.69) is 12.2 Å². The van der Waals surface area contributed by atoms with Crippen molar-refractivity contribution in [3.63, 3.8) is 0 Å². The Balaban J connectivity index is 1.94. The first-order valence-corrected chi connectivity index (χ1v) is 6.05. The van der Waals surface area contributed by atoms with Crippen LogP contribution in [0.1, 0.15) is 6.92 Å². The van der Waals surface area contributed by atoms with Crippen molar-refractivity contribution in [3.05, 3.63) is 24.3 Å². The van der Waals surface area contributed by atoms with E-state index < -0.39 is 0 Å². The van der Waals surface area contributed by atoms with Crippen molar-refractivity contribution in [2.45, 2.75) is 13.0 Å². The van der Waals surface area contributed by atoms with Crippen LogP contribution in [-0.2, 0) is 0 Å². The van der Waals surface area contributed by atoms with Gasteiger partial charge in [-0.05, 0) is 30.2 Å². The van der Waals surface area contributed by atoms with Gasteiger partial charge in [-0.25, -0.2) is 4.79 Å². The molecule has 2 rings (SSSR count). The number of likely N-dealkylation sites (tertiary alicyclic amines) is 1. The van der Waals surface area contributed by atoms with Crippen molar-refractivity contribution in [2.75, 3.05) is 25.5 Å². The first-order chi connectivity index (χ1) is 8.60. The predicted octanol–water partition coefficient (Wildman–Crippen LogP) is 1.51. The predicted molar refractivity (Wildman–Crippen MR) is 70.7 cm³/mol. The largest absolute Gasteiger partial charge is 0.497 e. The Labute approximate surface area is 107 Å².